The van der Waals surface area contributed by atoms with E-state index in [2.05, 4.69) is 0 Å². The lowest BCUT2D eigenvalue weighted by atomic mass is 10.2. The highest BCUT2D eigenvalue weighted by Gasteiger charge is 2.46. The van der Waals surface area contributed by atoms with Crippen molar-refractivity contribution in [3.05, 3.63) is 71.8 Å². The summed E-state index contributed by atoms with van der Waals surface area (Å²) in [6.45, 7) is 0. The number of hydrazine groups is 1. The van der Waals surface area contributed by atoms with Gasteiger partial charge in [0.15, 0.2) is 22.7 Å². The predicted molar refractivity (Wildman–Crippen MR) is 120 cm³/mol. The average Bonchev–Trinajstić information content (AvgIpc) is 3.31. The second-order valence-corrected chi connectivity index (χ2v) is 8.48. The molecular formula is C20H20N6O2S2. The van der Waals surface area contributed by atoms with Gasteiger partial charge >= 0.3 is 0 Å². The molecule has 2 aromatic rings. The van der Waals surface area contributed by atoms with E-state index in [4.69, 9.17) is 21.5 Å². The molecule has 0 fully saturated rings. The van der Waals surface area contributed by atoms with Gasteiger partial charge in [0.2, 0.25) is 11.8 Å². The van der Waals surface area contributed by atoms with Crippen molar-refractivity contribution in [2.45, 2.75) is 12.3 Å². The third kappa shape index (κ3) is 4.14. The second kappa shape index (κ2) is 8.80. The second-order valence-electron chi connectivity index (χ2n) is 6.59. The summed E-state index contributed by atoms with van der Waals surface area (Å²) in [6, 6.07) is 19.6. The van der Waals surface area contributed by atoms with Crippen molar-refractivity contribution in [2.24, 2.45) is 21.5 Å². The van der Waals surface area contributed by atoms with E-state index in [1.165, 1.54) is 23.5 Å². The number of carbonyl (C=O) groups excluding carboxylic acids is 2. The Labute approximate surface area is 182 Å². The monoisotopic (exact) mass is 440 g/mol. The summed E-state index contributed by atoms with van der Waals surface area (Å²) < 4.78 is 0. The van der Waals surface area contributed by atoms with E-state index < -0.39 is 11.8 Å². The number of fused-ring (bicyclic) bond motifs is 1. The first-order valence-corrected chi connectivity index (χ1v) is 11.2. The van der Waals surface area contributed by atoms with E-state index in [0.29, 0.717) is 10.3 Å². The summed E-state index contributed by atoms with van der Waals surface area (Å²) in [6.07, 6.45) is -0.733. The lowest BCUT2D eigenvalue weighted by Gasteiger charge is -2.31. The highest BCUT2D eigenvalue weighted by molar-refractivity contribution is 8.14. The molecule has 0 radical (unpaired) electrons. The van der Waals surface area contributed by atoms with E-state index in [0.717, 1.165) is 11.1 Å². The smallest absolute Gasteiger partial charge is 0.227 e. The van der Waals surface area contributed by atoms with Gasteiger partial charge in [-0.1, -0.05) is 84.2 Å². The van der Waals surface area contributed by atoms with Crippen LogP contribution in [0.4, 0.5) is 0 Å². The molecule has 2 unspecified atom stereocenters. The number of benzene rings is 2. The predicted octanol–water partition coefficient (Wildman–Crippen LogP) is 2.08. The Morgan fingerprint density at radius 3 is 1.43 bits per heavy atom. The van der Waals surface area contributed by atoms with Crippen molar-refractivity contribution in [1.82, 2.24) is 10.0 Å². The van der Waals surface area contributed by atoms with Crippen LogP contribution in [-0.2, 0) is 9.59 Å². The molecular weight excluding hydrogens is 420 g/mol. The zero-order valence-electron chi connectivity index (χ0n) is 15.9. The normalized spacial score (nSPS) is 20.0. The molecule has 0 aromatic heterocycles. The standard InChI is InChI=1S/C20H20N6O2S2/c21-15(27)11-29-19-23-17(13-7-3-1-4-8-13)25-20(30-12-16(22)28)24-18(26(19)25)14-9-5-2-6-10-14/h1-10,17-18H,11-12H2,(H2,21,27)(H2,22,28). The molecule has 4 N–H and O–H groups in total. The Morgan fingerprint density at radius 1 is 0.733 bits per heavy atom. The fourth-order valence-electron chi connectivity index (χ4n) is 3.23. The fourth-order valence-corrected chi connectivity index (χ4v) is 4.76. The molecule has 2 aliphatic rings. The first-order valence-electron chi connectivity index (χ1n) is 9.20. The van der Waals surface area contributed by atoms with E-state index in [1.54, 1.807) is 0 Å². The van der Waals surface area contributed by atoms with E-state index in [9.17, 15) is 9.59 Å². The van der Waals surface area contributed by atoms with Crippen LogP contribution in [0.5, 0.6) is 0 Å². The molecule has 8 nitrogen and oxygen atoms in total. The molecule has 2 atom stereocenters. The molecule has 0 bridgehead atoms. The Kier molecular flexibility index (Phi) is 5.96. The average molecular weight is 441 g/mol. The van der Waals surface area contributed by atoms with Gasteiger partial charge in [-0.2, -0.15) is 0 Å². The summed E-state index contributed by atoms with van der Waals surface area (Å²) in [5, 5.41) is 5.22. The van der Waals surface area contributed by atoms with Crippen molar-refractivity contribution in [1.29, 1.82) is 0 Å². The van der Waals surface area contributed by atoms with E-state index in [-0.39, 0.29) is 23.8 Å². The third-order valence-corrected chi connectivity index (χ3v) is 6.39. The molecule has 0 spiro atoms. The van der Waals surface area contributed by atoms with Crippen molar-refractivity contribution in [2.75, 3.05) is 11.5 Å². The summed E-state index contributed by atoms with van der Waals surface area (Å²) >= 11 is 2.55. The molecule has 0 saturated heterocycles. The van der Waals surface area contributed by atoms with Crippen LogP contribution in [0.3, 0.4) is 0 Å². The van der Waals surface area contributed by atoms with Gasteiger partial charge in [-0.15, -0.1) is 0 Å². The Bertz CT molecular complexity index is 917. The molecule has 2 heterocycles. The summed E-state index contributed by atoms with van der Waals surface area (Å²) in [7, 11) is 0. The minimum absolute atomic E-state index is 0.107. The molecule has 2 aromatic carbocycles. The highest BCUT2D eigenvalue weighted by Crippen LogP contribution is 2.45. The van der Waals surface area contributed by atoms with Crippen LogP contribution in [0, 0.1) is 0 Å². The Balaban J connectivity index is 1.75. The number of hydrogen-bond donors (Lipinski definition) is 2. The van der Waals surface area contributed by atoms with Gasteiger partial charge in [0, 0.05) is 0 Å². The quantitative estimate of drug-likeness (QED) is 0.710. The topological polar surface area (TPSA) is 117 Å². The molecule has 154 valence electrons. The number of amidine groups is 2. The molecule has 0 saturated carbocycles. The number of thioether (sulfide) groups is 2. The van der Waals surface area contributed by atoms with Crippen molar-refractivity contribution < 1.29 is 9.59 Å². The van der Waals surface area contributed by atoms with Gasteiger partial charge in [0.1, 0.15) is 0 Å². The summed E-state index contributed by atoms with van der Waals surface area (Å²) in [5.74, 6) is -0.624. The first-order chi connectivity index (χ1) is 14.5. The zero-order valence-corrected chi connectivity index (χ0v) is 17.6. The van der Waals surface area contributed by atoms with Gasteiger partial charge in [-0.05, 0) is 11.1 Å². The fraction of sp³-hybridized carbons (Fsp3) is 0.200. The summed E-state index contributed by atoms with van der Waals surface area (Å²) in [4.78, 5) is 32.6. The van der Waals surface area contributed by atoms with Crippen molar-refractivity contribution in [3.63, 3.8) is 0 Å². The number of hydrogen-bond acceptors (Lipinski definition) is 8. The van der Waals surface area contributed by atoms with Gasteiger partial charge < -0.3 is 11.5 Å². The van der Waals surface area contributed by atoms with Crippen molar-refractivity contribution in [3.8, 4) is 0 Å². The van der Waals surface area contributed by atoms with Crippen LogP contribution in [0.15, 0.2) is 70.6 Å². The third-order valence-electron chi connectivity index (χ3n) is 4.44. The minimum Gasteiger partial charge on any atom is -0.369 e. The van der Waals surface area contributed by atoms with Crippen LogP contribution in [0.1, 0.15) is 23.5 Å². The first kappa shape index (κ1) is 20.3. The van der Waals surface area contributed by atoms with E-state index in [1.807, 2.05) is 70.7 Å². The summed E-state index contributed by atoms with van der Waals surface area (Å²) in [5.41, 5.74) is 12.7. The van der Waals surface area contributed by atoms with Crippen molar-refractivity contribution >= 4 is 45.7 Å². The lowest BCUT2D eigenvalue weighted by Crippen LogP contribution is -2.41. The van der Waals surface area contributed by atoms with E-state index >= 15 is 0 Å². The molecule has 10 heteroatoms. The van der Waals surface area contributed by atoms with Crippen LogP contribution < -0.4 is 11.5 Å². The molecule has 2 aliphatic heterocycles. The number of carbonyl (C=O) groups is 2. The molecule has 30 heavy (non-hydrogen) atoms. The van der Waals surface area contributed by atoms with Gasteiger partial charge in [-0.3, -0.25) is 9.59 Å². The minimum atomic E-state index is -0.419. The number of primary amides is 2. The highest BCUT2D eigenvalue weighted by atomic mass is 32.2. The maximum atomic E-state index is 11.4. The van der Waals surface area contributed by atoms with Crippen LogP contribution >= 0.6 is 23.5 Å². The largest absolute Gasteiger partial charge is 0.369 e. The lowest BCUT2D eigenvalue weighted by molar-refractivity contribution is -0.116. The van der Waals surface area contributed by atoms with Gasteiger partial charge in [-0.25, -0.2) is 20.0 Å². The maximum absolute atomic E-state index is 11.4. The SMILES string of the molecule is NC(=O)CSC1=NC(c2ccccc2)N2C(SCC(N)=O)=NC(c3ccccc3)N12. The Hall–Kier alpha value is -2.98. The van der Waals surface area contributed by atoms with Gasteiger partial charge in [0.05, 0.1) is 11.5 Å². The van der Waals surface area contributed by atoms with Gasteiger partial charge in [0.25, 0.3) is 0 Å². The molecule has 0 aliphatic carbocycles. The zero-order chi connectivity index (χ0) is 21.1. The van der Waals surface area contributed by atoms with Crippen LogP contribution in [0.25, 0.3) is 0 Å². The number of rotatable bonds is 6. The molecule has 2 amide bonds. The Morgan fingerprint density at radius 2 is 1.10 bits per heavy atom. The maximum Gasteiger partial charge on any atom is 0.227 e. The number of nitrogens with zero attached hydrogens (tertiary/aromatic N) is 4. The number of aliphatic imine (C=N–C) groups is 2. The van der Waals surface area contributed by atoms with Crippen LogP contribution in [-0.4, -0.2) is 43.7 Å². The number of nitrogens with two attached hydrogens (primary N) is 2. The molecule has 4 rings (SSSR count). The number of amides is 2. The van der Waals surface area contributed by atoms with Crippen LogP contribution in [0.2, 0.25) is 0 Å².